The third-order valence-electron chi connectivity index (χ3n) is 2.34. The van der Waals surface area contributed by atoms with Crippen LogP contribution in [-0.4, -0.2) is 16.9 Å². The molecule has 1 rings (SSSR count). The van der Waals surface area contributed by atoms with Crippen molar-refractivity contribution in [1.29, 1.82) is 0 Å². The quantitative estimate of drug-likeness (QED) is 0.809. The first-order chi connectivity index (χ1) is 8.06. The van der Waals surface area contributed by atoms with Crippen LogP contribution in [0.3, 0.4) is 0 Å². The van der Waals surface area contributed by atoms with E-state index in [9.17, 15) is 4.79 Å². The molecule has 1 aromatic rings. The van der Waals surface area contributed by atoms with E-state index in [2.05, 4.69) is 5.32 Å². The molecule has 1 aromatic carbocycles. The summed E-state index contributed by atoms with van der Waals surface area (Å²) in [6.07, 6.45) is 1.62. The smallest absolute Gasteiger partial charge is 0.253 e. The number of hydrogen-bond acceptors (Lipinski definition) is 2. The Bertz CT molecular complexity index is 423. The molecule has 17 heavy (non-hydrogen) atoms. The highest BCUT2D eigenvalue weighted by atomic mass is 35.5. The molecular weight excluding hydrogens is 256 g/mol. The minimum Gasteiger partial charge on any atom is -0.392 e. The van der Waals surface area contributed by atoms with Crippen LogP contribution >= 0.6 is 23.8 Å². The Morgan fingerprint density at radius 2 is 2.18 bits per heavy atom. The van der Waals surface area contributed by atoms with E-state index in [1.807, 2.05) is 6.92 Å². The van der Waals surface area contributed by atoms with Gasteiger partial charge in [0.05, 0.1) is 21.6 Å². The molecule has 0 aliphatic rings. The highest BCUT2D eigenvalue weighted by molar-refractivity contribution is 7.80. The minimum absolute atomic E-state index is 0.248. The third kappa shape index (κ3) is 3.98. The molecule has 0 aromatic heterocycles. The number of hydrogen-bond donors (Lipinski definition) is 2. The van der Waals surface area contributed by atoms with E-state index in [4.69, 9.17) is 29.6 Å². The van der Waals surface area contributed by atoms with Gasteiger partial charge >= 0.3 is 0 Å². The first-order valence-electron chi connectivity index (χ1n) is 5.41. The van der Waals surface area contributed by atoms with Gasteiger partial charge in [-0.3, -0.25) is 4.79 Å². The van der Waals surface area contributed by atoms with E-state index in [0.717, 1.165) is 12.8 Å². The van der Waals surface area contributed by atoms with E-state index in [1.54, 1.807) is 24.3 Å². The van der Waals surface area contributed by atoms with Crippen LogP contribution in [0.15, 0.2) is 24.3 Å². The number of thiocarbonyl (C=S) groups is 1. The molecule has 1 unspecified atom stereocenters. The largest absolute Gasteiger partial charge is 0.392 e. The van der Waals surface area contributed by atoms with Gasteiger partial charge in [-0.25, -0.2) is 0 Å². The lowest BCUT2D eigenvalue weighted by Gasteiger charge is -2.16. The predicted molar refractivity (Wildman–Crippen MR) is 74.4 cm³/mol. The number of amides is 1. The Labute approximate surface area is 111 Å². The molecule has 3 N–H and O–H groups in total. The summed E-state index contributed by atoms with van der Waals surface area (Å²) in [5.74, 6) is -0.248. The van der Waals surface area contributed by atoms with Crippen molar-refractivity contribution in [3.63, 3.8) is 0 Å². The maximum absolute atomic E-state index is 11.9. The van der Waals surface area contributed by atoms with E-state index in [1.165, 1.54) is 0 Å². The number of carbonyl (C=O) groups excluding carboxylic acids is 1. The maximum Gasteiger partial charge on any atom is 0.253 e. The Kier molecular flexibility index (Phi) is 5.38. The van der Waals surface area contributed by atoms with Crippen LogP contribution in [-0.2, 0) is 0 Å². The van der Waals surface area contributed by atoms with Gasteiger partial charge < -0.3 is 11.1 Å². The average molecular weight is 271 g/mol. The van der Waals surface area contributed by atoms with Crippen molar-refractivity contribution in [2.24, 2.45) is 5.73 Å². The highest BCUT2D eigenvalue weighted by Crippen LogP contribution is 2.15. The number of rotatable bonds is 5. The second kappa shape index (κ2) is 6.57. The van der Waals surface area contributed by atoms with Crippen molar-refractivity contribution in [1.82, 2.24) is 5.32 Å². The van der Waals surface area contributed by atoms with Crippen molar-refractivity contribution < 1.29 is 4.79 Å². The van der Waals surface area contributed by atoms with E-state index in [-0.39, 0.29) is 11.9 Å². The highest BCUT2D eigenvalue weighted by Gasteiger charge is 2.16. The van der Waals surface area contributed by atoms with Crippen LogP contribution < -0.4 is 11.1 Å². The topological polar surface area (TPSA) is 55.1 Å². The van der Waals surface area contributed by atoms with Gasteiger partial charge in [-0.05, 0) is 18.6 Å². The summed E-state index contributed by atoms with van der Waals surface area (Å²) >= 11 is 10.8. The monoisotopic (exact) mass is 270 g/mol. The van der Waals surface area contributed by atoms with Gasteiger partial charge in [-0.1, -0.05) is 49.3 Å². The number of nitrogens with two attached hydrogens (primary N) is 1. The van der Waals surface area contributed by atoms with Crippen LogP contribution in [0.2, 0.25) is 5.02 Å². The summed E-state index contributed by atoms with van der Waals surface area (Å²) in [4.78, 5) is 12.2. The zero-order chi connectivity index (χ0) is 12.8. The lowest BCUT2D eigenvalue weighted by molar-refractivity contribution is 0.0946. The molecule has 0 saturated heterocycles. The molecule has 5 heteroatoms. The average Bonchev–Trinajstić information content (AvgIpc) is 2.28. The summed E-state index contributed by atoms with van der Waals surface area (Å²) in [6, 6.07) is 6.59. The van der Waals surface area contributed by atoms with Gasteiger partial charge in [0.1, 0.15) is 0 Å². The second-order valence-corrected chi connectivity index (χ2v) is 4.58. The molecule has 1 amide bonds. The lowest BCUT2D eigenvalue weighted by Crippen LogP contribution is -2.43. The van der Waals surface area contributed by atoms with Crippen molar-refractivity contribution in [2.45, 2.75) is 25.8 Å². The molecule has 0 fully saturated rings. The zero-order valence-corrected chi connectivity index (χ0v) is 11.1. The Hall–Kier alpha value is -1.13. The predicted octanol–water partition coefficient (Wildman–Crippen LogP) is 2.52. The second-order valence-electron chi connectivity index (χ2n) is 3.70. The Morgan fingerprint density at radius 1 is 1.53 bits per heavy atom. The molecule has 0 saturated carbocycles. The number of carbonyl (C=O) groups is 1. The summed E-state index contributed by atoms with van der Waals surface area (Å²) in [7, 11) is 0. The Balaban J connectivity index is 2.77. The van der Waals surface area contributed by atoms with Gasteiger partial charge in [-0.2, -0.15) is 0 Å². The van der Waals surface area contributed by atoms with Crippen LogP contribution in [0.5, 0.6) is 0 Å². The summed E-state index contributed by atoms with van der Waals surface area (Å²) in [5, 5.41) is 3.20. The first-order valence-corrected chi connectivity index (χ1v) is 6.19. The molecule has 0 aliphatic carbocycles. The van der Waals surface area contributed by atoms with Gasteiger partial charge in [0.2, 0.25) is 0 Å². The summed E-state index contributed by atoms with van der Waals surface area (Å²) in [5.41, 5.74) is 6.01. The third-order valence-corrected chi connectivity index (χ3v) is 2.96. The number of benzene rings is 1. The molecule has 3 nitrogen and oxygen atoms in total. The van der Waals surface area contributed by atoms with Crippen molar-refractivity contribution >= 4 is 34.7 Å². The zero-order valence-electron chi connectivity index (χ0n) is 9.57. The molecule has 0 radical (unpaired) electrons. The van der Waals surface area contributed by atoms with E-state index < -0.39 is 0 Å². The van der Waals surface area contributed by atoms with E-state index in [0.29, 0.717) is 15.6 Å². The first kappa shape index (κ1) is 13.9. The standard InChI is InChI=1S/C12H15ClN2OS/c1-2-5-10(11(14)17)15-12(16)8-6-3-4-7-9(8)13/h3-4,6-7,10H,2,5H2,1H3,(H2,14,17)(H,15,16). The lowest BCUT2D eigenvalue weighted by atomic mass is 10.1. The van der Waals surface area contributed by atoms with Crippen LogP contribution in [0.1, 0.15) is 30.1 Å². The molecule has 92 valence electrons. The fraction of sp³-hybridized carbons (Fsp3) is 0.333. The molecule has 0 spiro atoms. The van der Waals surface area contributed by atoms with Crippen molar-refractivity contribution in [2.75, 3.05) is 0 Å². The van der Waals surface area contributed by atoms with Gasteiger partial charge in [0, 0.05) is 0 Å². The van der Waals surface area contributed by atoms with Crippen LogP contribution in [0.25, 0.3) is 0 Å². The minimum atomic E-state index is -0.279. The molecular formula is C12H15ClN2OS. The maximum atomic E-state index is 11.9. The van der Waals surface area contributed by atoms with Crippen LogP contribution in [0.4, 0.5) is 0 Å². The fourth-order valence-corrected chi connectivity index (χ4v) is 1.85. The molecule has 0 heterocycles. The number of halogens is 1. The molecule has 1 atom stereocenters. The van der Waals surface area contributed by atoms with Gasteiger partial charge in [0.25, 0.3) is 5.91 Å². The normalized spacial score (nSPS) is 11.9. The number of nitrogens with one attached hydrogen (secondary N) is 1. The van der Waals surface area contributed by atoms with Gasteiger partial charge in [0.15, 0.2) is 0 Å². The van der Waals surface area contributed by atoms with Gasteiger partial charge in [-0.15, -0.1) is 0 Å². The molecule has 0 bridgehead atoms. The Morgan fingerprint density at radius 3 is 2.71 bits per heavy atom. The SMILES string of the molecule is CCCC(NC(=O)c1ccccc1Cl)C(N)=S. The summed E-state index contributed by atoms with van der Waals surface area (Å²) in [6.45, 7) is 2.01. The van der Waals surface area contributed by atoms with Crippen LogP contribution in [0, 0.1) is 0 Å². The fourth-order valence-electron chi connectivity index (χ4n) is 1.46. The van der Waals surface area contributed by atoms with Crippen molar-refractivity contribution in [3.05, 3.63) is 34.9 Å². The van der Waals surface area contributed by atoms with Crippen molar-refractivity contribution in [3.8, 4) is 0 Å². The van der Waals surface area contributed by atoms with E-state index >= 15 is 0 Å². The summed E-state index contributed by atoms with van der Waals surface area (Å²) < 4.78 is 0. The molecule has 0 aliphatic heterocycles.